The lowest BCUT2D eigenvalue weighted by Gasteiger charge is -2.11. The first-order valence-electron chi connectivity index (χ1n) is 5.15. The van der Waals surface area contributed by atoms with Crippen LogP contribution in [0.4, 0.5) is 0 Å². The molecule has 0 bridgehead atoms. The van der Waals surface area contributed by atoms with Crippen molar-refractivity contribution in [1.29, 1.82) is 0 Å². The van der Waals surface area contributed by atoms with Crippen LogP contribution in [-0.4, -0.2) is 37.5 Å². The summed E-state index contributed by atoms with van der Waals surface area (Å²) in [5.41, 5.74) is 0.0679. The highest BCUT2D eigenvalue weighted by Gasteiger charge is 2.21. The Labute approximate surface area is 105 Å². The molecule has 0 spiro atoms. The molecule has 0 fully saturated rings. The van der Waals surface area contributed by atoms with Crippen LogP contribution in [0.5, 0.6) is 5.75 Å². The van der Waals surface area contributed by atoms with Crippen molar-refractivity contribution < 1.29 is 28.2 Å². The van der Waals surface area contributed by atoms with Crippen LogP contribution in [0.1, 0.15) is 18.6 Å². The zero-order chi connectivity index (χ0) is 13.9. The number of rotatable bonds is 4. The minimum Gasteiger partial charge on any atom is -0.507 e. The quantitative estimate of drug-likeness (QED) is 0.770. The summed E-state index contributed by atoms with van der Waals surface area (Å²) in [5.74, 6) is -1.37. The van der Waals surface area contributed by atoms with Gasteiger partial charge in [-0.25, -0.2) is 13.2 Å². The van der Waals surface area contributed by atoms with E-state index >= 15 is 0 Å². The van der Waals surface area contributed by atoms with Crippen LogP contribution >= 0.6 is 0 Å². The Morgan fingerprint density at radius 3 is 2.50 bits per heavy atom. The van der Waals surface area contributed by atoms with E-state index in [0.29, 0.717) is 0 Å². The van der Waals surface area contributed by atoms with E-state index in [4.69, 9.17) is 0 Å². The Bertz CT molecular complexity index is 549. The molecule has 0 aromatic heterocycles. The van der Waals surface area contributed by atoms with Crippen molar-refractivity contribution in [2.75, 3.05) is 12.9 Å². The summed E-state index contributed by atoms with van der Waals surface area (Å²) in [4.78, 5) is 11.0. The summed E-state index contributed by atoms with van der Waals surface area (Å²) in [5, 5.41) is 19.1. The van der Waals surface area contributed by atoms with Crippen molar-refractivity contribution in [3.8, 4) is 5.75 Å². The SMILES string of the molecule is CCOC(=O)C(O)c1ccc(S(C)(=O)=O)c(O)c1. The lowest BCUT2D eigenvalue weighted by molar-refractivity contribution is -0.153. The largest absolute Gasteiger partial charge is 0.507 e. The third kappa shape index (κ3) is 3.21. The Kier molecular flexibility index (Phi) is 4.31. The van der Waals surface area contributed by atoms with Crippen LogP contribution in [-0.2, 0) is 19.4 Å². The number of aliphatic hydroxyl groups excluding tert-OH is 1. The molecule has 0 aliphatic carbocycles. The van der Waals surface area contributed by atoms with Crippen LogP contribution in [0.2, 0.25) is 0 Å². The first kappa shape index (κ1) is 14.5. The van der Waals surface area contributed by atoms with Crippen LogP contribution in [0.15, 0.2) is 23.1 Å². The van der Waals surface area contributed by atoms with E-state index in [-0.39, 0.29) is 17.1 Å². The highest BCUT2D eigenvalue weighted by molar-refractivity contribution is 7.90. The fraction of sp³-hybridized carbons (Fsp3) is 0.364. The average molecular weight is 274 g/mol. The van der Waals surface area contributed by atoms with Gasteiger partial charge < -0.3 is 14.9 Å². The van der Waals surface area contributed by atoms with Crippen molar-refractivity contribution >= 4 is 15.8 Å². The van der Waals surface area contributed by atoms with E-state index in [9.17, 15) is 23.4 Å². The van der Waals surface area contributed by atoms with Crippen molar-refractivity contribution in [2.45, 2.75) is 17.9 Å². The summed E-state index contributed by atoms with van der Waals surface area (Å²) in [6.07, 6.45) is -0.604. The number of ether oxygens (including phenoxy) is 1. The van der Waals surface area contributed by atoms with Crippen LogP contribution < -0.4 is 0 Å². The number of carbonyl (C=O) groups is 1. The summed E-state index contributed by atoms with van der Waals surface area (Å²) < 4.78 is 27.1. The predicted molar refractivity (Wildman–Crippen MR) is 62.8 cm³/mol. The van der Waals surface area contributed by atoms with Gasteiger partial charge in [-0.1, -0.05) is 6.07 Å². The highest BCUT2D eigenvalue weighted by Crippen LogP contribution is 2.26. The molecule has 0 saturated carbocycles. The molecule has 100 valence electrons. The normalized spacial score (nSPS) is 13.1. The standard InChI is InChI=1S/C11H14O6S/c1-3-17-11(14)10(13)7-4-5-9(8(12)6-7)18(2,15)16/h4-6,10,12-13H,3H2,1-2H3. The van der Waals surface area contributed by atoms with Crippen LogP contribution in [0.3, 0.4) is 0 Å². The summed E-state index contributed by atoms with van der Waals surface area (Å²) in [6, 6.07) is 3.40. The Balaban J connectivity index is 3.09. The zero-order valence-electron chi connectivity index (χ0n) is 9.95. The molecule has 1 rings (SSSR count). The van der Waals surface area contributed by atoms with Gasteiger partial charge in [0.05, 0.1) is 6.61 Å². The molecule has 1 aromatic rings. The van der Waals surface area contributed by atoms with Gasteiger partial charge in [0, 0.05) is 6.26 Å². The highest BCUT2D eigenvalue weighted by atomic mass is 32.2. The molecule has 0 aliphatic rings. The van der Waals surface area contributed by atoms with E-state index < -0.39 is 27.7 Å². The second-order valence-electron chi connectivity index (χ2n) is 3.65. The van der Waals surface area contributed by atoms with Gasteiger partial charge in [-0.3, -0.25) is 0 Å². The maximum atomic E-state index is 11.3. The third-order valence-electron chi connectivity index (χ3n) is 2.21. The van der Waals surface area contributed by atoms with Gasteiger partial charge >= 0.3 is 5.97 Å². The number of esters is 1. The number of phenolic OH excluding ortho intramolecular Hbond substituents is 1. The first-order chi connectivity index (χ1) is 8.27. The molecule has 7 heteroatoms. The second kappa shape index (κ2) is 5.36. The summed E-state index contributed by atoms with van der Waals surface area (Å²) in [7, 11) is -3.55. The van der Waals surface area contributed by atoms with Crippen molar-refractivity contribution in [1.82, 2.24) is 0 Å². The maximum absolute atomic E-state index is 11.3. The Morgan fingerprint density at radius 2 is 2.06 bits per heavy atom. The molecule has 0 aliphatic heterocycles. The summed E-state index contributed by atoms with van der Waals surface area (Å²) >= 11 is 0. The molecule has 6 nitrogen and oxygen atoms in total. The van der Waals surface area contributed by atoms with Gasteiger partial charge in [0.25, 0.3) is 0 Å². The molecule has 1 atom stereocenters. The maximum Gasteiger partial charge on any atom is 0.339 e. The van der Waals surface area contributed by atoms with Crippen LogP contribution in [0.25, 0.3) is 0 Å². The molecule has 1 unspecified atom stereocenters. The number of sulfone groups is 1. The molecule has 0 heterocycles. The number of hydrogen-bond donors (Lipinski definition) is 2. The number of hydrogen-bond acceptors (Lipinski definition) is 6. The van der Waals surface area contributed by atoms with E-state index in [1.54, 1.807) is 6.92 Å². The van der Waals surface area contributed by atoms with Gasteiger partial charge in [-0.2, -0.15) is 0 Å². The fourth-order valence-electron chi connectivity index (χ4n) is 1.38. The molecule has 18 heavy (non-hydrogen) atoms. The Morgan fingerprint density at radius 1 is 1.44 bits per heavy atom. The van der Waals surface area contributed by atoms with E-state index in [0.717, 1.165) is 18.4 Å². The first-order valence-corrected chi connectivity index (χ1v) is 7.04. The minimum absolute atomic E-state index is 0.0679. The third-order valence-corrected chi connectivity index (χ3v) is 3.35. The van der Waals surface area contributed by atoms with E-state index in [2.05, 4.69) is 4.74 Å². The smallest absolute Gasteiger partial charge is 0.339 e. The Hall–Kier alpha value is -1.60. The molecule has 0 amide bonds. The molecule has 1 aromatic carbocycles. The number of aromatic hydroxyl groups is 1. The lowest BCUT2D eigenvalue weighted by Crippen LogP contribution is -2.15. The van der Waals surface area contributed by atoms with Gasteiger partial charge in [0.15, 0.2) is 15.9 Å². The number of carbonyl (C=O) groups excluding carboxylic acids is 1. The van der Waals surface area contributed by atoms with Gasteiger partial charge in [0.1, 0.15) is 10.6 Å². The van der Waals surface area contributed by atoms with Gasteiger partial charge in [0.2, 0.25) is 0 Å². The molecule has 2 N–H and O–H groups in total. The van der Waals surface area contributed by atoms with Crippen molar-refractivity contribution in [2.24, 2.45) is 0 Å². The topological polar surface area (TPSA) is 101 Å². The van der Waals surface area contributed by atoms with Crippen LogP contribution in [0, 0.1) is 0 Å². The van der Waals surface area contributed by atoms with Crippen molar-refractivity contribution in [3.63, 3.8) is 0 Å². The predicted octanol–water partition coefficient (Wildman–Crippen LogP) is 0.392. The molecular weight excluding hydrogens is 260 g/mol. The second-order valence-corrected chi connectivity index (χ2v) is 5.64. The zero-order valence-corrected chi connectivity index (χ0v) is 10.8. The van der Waals surface area contributed by atoms with Gasteiger partial charge in [-0.15, -0.1) is 0 Å². The minimum atomic E-state index is -3.55. The van der Waals surface area contributed by atoms with Crippen molar-refractivity contribution in [3.05, 3.63) is 23.8 Å². The fourth-order valence-corrected chi connectivity index (χ4v) is 2.13. The van der Waals surface area contributed by atoms with Gasteiger partial charge in [-0.05, 0) is 24.6 Å². The number of phenols is 1. The lowest BCUT2D eigenvalue weighted by atomic mass is 10.1. The van der Waals surface area contributed by atoms with E-state index in [1.807, 2.05) is 0 Å². The monoisotopic (exact) mass is 274 g/mol. The molecular formula is C11H14O6S. The summed E-state index contributed by atoms with van der Waals surface area (Å²) in [6.45, 7) is 1.71. The molecule has 0 radical (unpaired) electrons. The molecule has 0 saturated heterocycles. The average Bonchev–Trinajstić information content (AvgIpc) is 2.26. The van der Waals surface area contributed by atoms with E-state index in [1.165, 1.54) is 6.07 Å². The number of benzene rings is 1. The number of aliphatic hydroxyl groups is 1.